The van der Waals surface area contributed by atoms with Crippen LogP contribution in [0.1, 0.15) is 19.4 Å². The van der Waals surface area contributed by atoms with Crippen LogP contribution < -0.4 is 0 Å². The number of hydrogen-bond donors (Lipinski definition) is 0. The third-order valence-electron chi connectivity index (χ3n) is 2.20. The van der Waals surface area contributed by atoms with Crippen molar-refractivity contribution in [2.24, 2.45) is 0 Å². The zero-order chi connectivity index (χ0) is 10.8. The first-order chi connectivity index (χ1) is 7.18. The average Bonchev–Trinajstić information content (AvgIpc) is 2.59. The molecule has 1 aromatic carbocycles. The topological polar surface area (TPSA) is 22.4 Å². The number of benzene rings is 1. The first kappa shape index (κ1) is 10.7. The zero-order valence-electron chi connectivity index (χ0n) is 8.79. The first-order valence-electron chi connectivity index (χ1n) is 4.94. The monoisotopic (exact) mass is 268 g/mol. The lowest BCUT2D eigenvalue weighted by atomic mass is 10.2. The molecule has 80 valence electrons. The van der Waals surface area contributed by atoms with Crippen LogP contribution in [0.4, 0.5) is 0 Å². The Hall–Kier alpha value is -0.800. The summed E-state index contributed by atoms with van der Waals surface area (Å²) >= 11 is 3.46. The van der Waals surface area contributed by atoms with E-state index in [2.05, 4.69) is 15.9 Å². The quantitative estimate of drug-likeness (QED) is 0.836. The maximum Gasteiger partial charge on any atom is 0.148 e. The van der Waals surface area contributed by atoms with E-state index in [1.54, 1.807) is 6.26 Å². The van der Waals surface area contributed by atoms with Gasteiger partial charge in [-0.1, -0.05) is 12.1 Å². The smallest absolute Gasteiger partial charge is 0.148 e. The number of para-hydroxylation sites is 1. The predicted molar refractivity (Wildman–Crippen MR) is 63.8 cm³/mol. The fourth-order valence-electron chi connectivity index (χ4n) is 1.44. The second-order valence-electron chi connectivity index (χ2n) is 3.74. The molecule has 15 heavy (non-hydrogen) atoms. The fraction of sp³-hybridized carbons (Fsp3) is 0.333. The van der Waals surface area contributed by atoms with Crippen LogP contribution in [0.5, 0.6) is 0 Å². The number of halogens is 1. The molecule has 0 aliphatic rings. The molecule has 1 heterocycles. The Morgan fingerprint density at radius 2 is 2.20 bits per heavy atom. The summed E-state index contributed by atoms with van der Waals surface area (Å²) in [5.74, 6) is 0. The van der Waals surface area contributed by atoms with E-state index in [0.717, 1.165) is 21.0 Å². The van der Waals surface area contributed by atoms with Gasteiger partial charge in [-0.3, -0.25) is 0 Å². The highest BCUT2D eigenvalue weighted by Gasteiger charge is 2.08. The molecule has 2 nitrogen and oxygen atoms in total. The number of rotatable bonds is 3. The Balaban J connectivity index is 2.33. The molecule has 2 aromatic rings. The van der Waals surface area contributed by atoms with Gasteiger partial charge in [0.15, 0.2) is 0 Å². The Morgan fingerprint density at radius 1 is 1.40 bits per heavy atom. The molecular weight excluding hydrogens is 256 g/mol. The van der Waals surface area contributed by atoms with Gasteiger partial charge in [0.25, 0.3) is 0 Å². The molecule has 0 bridgehead atoms. The summed E-state index contributed by atoms with van der Waals surface area (Å²) in [6.45, 7) is 4.65. The standard InChI is InChI=1S/C12H13BrO2/c1-8(2)14-6-9-7-15-12-10(9)4-3-5-11(12)13/h3-5,7-8H,6H2,1-2H3. The van der Waals surface area contributed by atoms with Gasteiger partial charge in [0, 0.05) is 10.9 Å². The second-order valence-corrected chi connectivity index (χ2v) is 4.59. The van der Waals surface area contributed by atoms with Crippen molar-refractivity contribution in [2.75, 3.05) is 0 Å². The lowest BCUT2D eigenvalue weighted by molar-refractivity contribution is 0.0660. The van der Waals surface area contributed by atoms with Crippen molar-refractivity contribution in [3.05, 3.63) is 34.5 Å². The summed E-state index contributed by atoms with van der Waals surface area (Å²) in [6.07, 6.45) is 2.00. The van der Waals surface area contributed by atoms with E-state index in [9.17, 15) is 0 Å². The van der Waals surface area contributed by atoms with Gasteiger partial charge in [-0.2, -0.15) is 0 Å². The van der Waals surface area contributed by atoms with Crippen LogP contribution in [0.25, 0.3) is 11.0 Å². The first-order valence-corrected chi connectivity index (χ1v) is 5.74. The fourth-order valence-corrected chi connectivity index (χ4v) is 1.90. The van der Waals surface area contributed by atoms with E-state index in [-0.39, 0.29) is 6.10 Å². The molecular formula is C12H13BrO2. The normalized spacial score (nSPS) is 11.5. The number of fused-ring (bicyclic) bond motifs is 1. The van der Waals surface area contributed by atoms with Crippen molar-refractivity contribution in [2.45, 2.75) is 26.6 Å². The molecule has 3 heteroatoms. The van der Waals surface area contributed by atoms with E-state index < -0.39 is 0 Å². The Morgan fingerprint density at radius 3 is 2.93 bits per heavy atom. The van der Waals surface area contributed by atoms with E-state index in [4.69, 9.17) is 9.15 Å². The third kappa shape index (κ3) is 2.24. The summed E-state index contributed by atoms with van der Waals surface area (Å²) in [7, 11) is 0. The van der Waals surface area contributed by atoms with Crippen molar-refractivity contribution in [3.63, 3.8) is 0 Å². The summed E-state index contributed by atoms with van der Waals surface area (Å²) in [4.78, 5) is 0. The minimum Gasteiger partial charge on any atom is -0.463 e. The number of furan rings is 1. The highest BCUT2D eigenvalue weighted by atomic mass is 79.9. The maximum absolute atomic E-state index is 5.56. The summed E-state index contributed by atoms with van der Waals surface area (Å²) in [5.41, 5.74) is 1.99. The van der Waals surface area contributed by atoms with Gasteiger partial charge in [-0.05, 0) is 35.8 Å². The van der Waals surface area contributed by atoms with E-state index in [0.29, 0.717) is 6.61 Å². The van der Waals surface area contributed by atoms with Crippen LogP contribution in [-0.4, -0.2) is 6.10 Å². The second kappa shape index (κ2) is 4.37. The minimum atomic E-state index is 0.238. The Kier molecular flexibility index (Phi) is 3.12. The van der Waals surface area contributed by atoms with Gasteiger partial charge in [0.05, 0.1) is 23.4 Å². The summed E-state index contributed by atoms with van der Waals surface area (Å²) in [6, 6.07) is 6.02. The van der Waals surface area contributed by atoms with E-state index in [1.165, 1.54) is 0 Å². The predicted octanol–water partition coefficient (Wildman–Crippen LogP) is 4.12. The van der Waals surface area contributed by atoms with E-state index in [1.807, 2.05) is 32.0 Å². The van der Waals surface area contributed by atoms with Gasteiger partial charge in [0.2, 0.25) is 0 Å². The molecule has 0 spiro atoms. The van der Waals surface area contributed by atoms with E-state index >= 15 is 0 Å². The van der Waals surface area contributed by atoms with Crippen LogP contribution in [0, 0.1) is 0 Å². The van der Waals surface area contributed by atoms with Gasteiger partial charge < -0.3 is 9.15 Å². The van der Waals surface area contributed by atoms with Gasteiger partial charge >= 0.3 is 0 Å². The molecule has 0 N–H and O–H groups in total. The average molecular weight is 269 g/mol. The molecule has 0 saturated carbocycles. The van der Waals surface area contributed by atoms with Crippen LogP contribution in [0.15, 0.2) is 33.4 Å². The van der Waals surface area contributed by atoms with Crippen LogP contribution in [-0.2, 0) is 11.3 Å². The SMILES string of the molecule is CC(C)OCc1coc2c(Br)cccc12. The minimum absolute atomic E-state index is 0.238. The molecule has 0 amide bonds. The van der Waals surface area contributed by atoms with Crippen molar-refractivity contribution < 1.29 is 9.15 Å². The highest BCUT2D eigenvalue weighted by Crippen LogP contribution is 2.28. The van der Waals surface area contributed by atoms with Crippen molar-refractivity contribution >= 4 is 26.9 Å². The van der Waals surface area contributed by atoms with Crippen molar-refractivity contribution in [1.29, 1.82) is 0 Å². The Bertz CT molecular complexity index is 460. The molecule has 0 fully saturated rings. The molecule has 1 aromatic heterocycles. The largest absolute Gasteiger partial charge is 0.463 e. The number of ether oxygens (including phenoxy) is 1. The van der Waals surface area contributed by atoms with Crippen molar-refractivity contribution in [1.82, 2.24) is 0 Å². The Labute approximate surface area is 97.3 Å². The zero-order valence-corrected chi connectivity index (χ0v) is 10.4. The van der Waals surface area contributed by atoms with Crippen LogP contribution in [0.3, 0.4) is 0 Å². The summed E-state index contributed by atoms with van der Waals surface area (Å²) < 4.78 is 12.0. The number of hydrogen-bond acceptors (Lipinski definition) is 2. The van der Waals surface area contributed by atoms with Gasteiger partial charge in [0.1, 0.15) is 5.58 Å². The van der Waals surface area contributed by atoms with Crippen molar-refractivity contribution in [3.8, 4) is 0 Å². The van der Waals surface area contributed by atoms with Gasteiger partial charge in [-0.25, -0.2) is 0 Å². The van der Waals surface area contributed by atoms with Gasteiger partial charge in [-0.15, -0.1) is 0 Å². The molecule has 0 aliphatic heterocycles. The molecule has 0 unspecified atom stereocenters. The highest BCUT2D eigenvalue weighted by molar-refractivity contribution is 9.10. The molecule has 0 radical (unpaired) electrons. The molecule has 0 saturated heterocycles. The molecule has 0 atom stereocenters. The molecule has 2 rings (SSSR count). The lowest BCUT2D eigenvalue weighted by Gasteiger charge is -2.05. The maximum atomic E-state index is 5.56. The van der Waals surface area contributed by atoms with Crippen LogP contribution >= 0.6 is 15.9 Å². The van der Waals surface area contributed by atoms with Crippen LogP contribution in [0.2, 0.25) is 0 Å². The summed E-state index contributed by atoms with van der Waals surface area (Å²) in [5, 5.41) is 1.12. The third-order valence-corrected chi connectivity index (χ3v) is 2.83. The molecule has 0 aliphatic carbocycles. The lowest BCUT2D eigenvalue weighted by Crippen LogP contribution is -2.01.